The Morgan fingerprint density at radius 2 is 2.44 bits per heavy atom. The number of nitrogens with zero attached hydrogens (tertiary/aromatic N) is 3. The molecule has 5 nitrogen and oxygen atoms in total. The first-order valence-corrected chi connectivity index (χ1v) is 5.80. The SMILES string of the molecule is COc1csc(C(N)Cc2cn(C)nn2)c1. The maximum Gasteiger partial charge on any atom is 0.129 e. The number of aromatic nitrogens is 3. The van der Waals surface area contributed by atoms with Gasteiger partial charge < -0.3 is 10.5 Å². The van der Waals surface area contributed by atoms with Crippen LogP contribution in [0.25, 0.3) is 0 Å². The minimum absolute atomic E-state index is 0.0504. The summed E-state index contributed by atoms with van der Waals surface area (Å²) in [5.41, 5.74) is 6.99. The summed E-state index contributed by atoms with van der Waals surface area (Å²) < 4.78 is 6.80. The lowest BCUT2D eigenvalue weighted by Crippen LogP contribution is -2.12. The van der Waals surface area contributed by atoms with Gasteiger partial charge in [0.1, 0.15) is 5.75 Å². The highest BCUT2D eigenvalue weighted by Crippen LogP contribution is 2.27. The molecular formula is C10H14N4OS. The van der Waals surface area contributed by atoms with Crippen molar-refractivity contribution in [3.05, 3.63) is 28.2 Å². The molecule has 0 aliphatic rings. The number of hydrogen-bond donors (Lipinski definition) is 1. The zero-order chi connectivity index (χ0) is 11.5. The molecule has 0 aliphatic heterocycles. The van der Waals surface area contributed by atoms with Crippen molar-refractivity contribution in [2.75, 3.05) is 7.11 Å². The van der Waals surface area contributed by atoms with Gasteiger partial charge >= 0.3 is 0 Å². The van der Waals surface area contributed by atoms with E-state index in [4.69, 9.17) is 10.5 Å². The van der Waals surface area contributed by atoms with E-state index in [0.717, 1.165) is 16.3 Å². The molecule has 0 aromatic carbocycles. The molecule has 0 saturated carbocycles. The molecule has 86 valence electrons. The van der Waals surface area contributed by atoms with Crippen molar-refractivity contribution in [2.45, 2.75) is 12.5 Å². The molecule has 0 aliphatic carbocycles. The molecule has 0 spiro atoms. The normalized spacial score (nSPS) is 12.7. The Labute approximate surface area is 97.8 Å². The lowest BCUT2D eigenvalue weighted by atomic mass is 10.1. The number of ether oxygens (including phenoxy) is 1. The lowest BCUT2D eigenvalue weighted by Gasteiger charge is -2.05. The number of rotatable bonds is 4. The zero-order valence-electron chi connectivity index (χ0n) is 9.25. The summed E-state index contributed by atoms with van der Waals surface area (Å²) in [5.74, 6) is 0.856. The third-order valence-electron chi connectivity index (χ3n) is 2.28. The summed E-state index contributed by atoms with van der Waals surface area (Å²) in [7, 11) is 3.50. The van der Waals surface area contributed by atoms with Crippen molar-refractivity contribution in [1.29, 1.82) is 0 Å². The Balaban J connectivity index is 2.05. The third kappa shape index (κ3) is 2.40. The number of hydrogen-bond acceptors (Lipinski definition) is 5. The highest BCUT2D eigenvalue weighted by molar-refractivity contribution is 7.10. The van der Waals surface area contributed by atoms with Gasteiger partial charge in [0.05, 0.1) is 12.8 Å². The summed E-state index contributed by atoms with van der Waals surface area (Å²) in [6.45, 7) is 0. The van der Waals surface area contributed by atoms with Gasteiger partial charge in [0.15, 0.2) is 0 Å². The van der Waals surface area contributed by atoms with Gasteiger partial charge in [-0.05, 0) is 6.07 Å². The minimum Gasteiger partial charge on any atom is -0.496 e. The van der Waals surface area contributed by atoms with E-state index in [1.165, 1.54) is 0 Å². The number of nitrogens with two attached hydrogens (primary N) is 1. The first-order chi connectivity index (χ1) is 7.69. The molecule has 0 amide bonds. The maximum atomic E-state index is 6.08. The number of methoxy groups -OCH3 is 1. The molecular weight excluding hydrogens is 224 g/mol. The predicted molar refractivity (Wildman–Crippen MR) is 62.5 cm³/mol. The molecule has 2 aromatic rings. The van der Waals surface area contributed by atoms with E-state index in [0.29, 0.717) is 6.42 Å². The van der Waals surface area contributed by atoms with Gasteiger partial charge in [0.2, 0.25) is 0 Å². The van der Waals surface area contributed by atoms with Gasteiger partial charge in [0, 0.05) is 36.0 Å². The topological polar surface area (TPSA) is 66.0 Å². The van der Waals surface area contributed by atoms with Gasteiger partial charge in [-0.25, -0.2) is 0 Å². The van der Waals surface area contributed by atoms with Crippen LogP contribution in [0.3, 0.4) is 0 Å². The fourth-order valence-electron chi connectivity index (χ4n) is 1.45. The summed E-state index contributed by atoms with van der Waals surface area (Å²) in [5, 5.41) is 9.84. The predicted octanol–water partition coefficient (Wildman–Crippen LogP) is 1.13. The van der Waals surface area contributed by atoms with Gasteiger partial charge in [-0.3, -0.25) is 4.68 Å². The Hall–Kier alpha value is -1.40. The number of thiophene rings is 1. The van der Waals surface area contributed by atoms with Crippen LogP contribution in [0.15, 0.2) is 17.6 Å². The van der Waals surface area contributed by atoms with E-state index in [1.807, 2.05) is 24.7 Å². The molecule has 6 heteroatoms. The fourth-order valence-corrected chi connectivity index (χ4v) is 2.31. The summed E-state index contributed by atoms with van der Waals surface area (Å²) in [6, 6.07) is 1.91. The van der Waals surface area contributed by atoms with Crippen molar-refractivity contribution in [2.24, 2.45) is 12.8 Å². The van der Waals surface area contributed by atoms with Crippen LogP contribution in [0.4, 0.5) is 0 Å². The second-order valence-corrected chi connectivity index (χ2v) is 4.53. The largest absolute Gasteiger partial charge is 0.496 e. The van der Waals surface area contributed by atoms with Crippen LogP contribution in [0, 0.1) is 0 Å². The smallest absolute Gasteiger partial charge is 0.129 e. The molecule has 2 N–H and O–H groups in total. The lowest BCUT2D eigenvalue weighted by molar-refractivity contribution is 0.416. The molecule has 1 unspecified atom stereocenters. The van der Waals surface area contributed by atoms with Crippen molar-refractivity contribution in [3.63, 3.8) is 0 Å². The van der Waals surface area contributed by atoms with Crippen LogP contribution < -0.4 is 10.5 Å². The summed E-state index contributed by atoms with van der Waals surface area (Å²) >= 11 is 1.60. The molecule has 16 heavy (non-hydrogen) atoms. The molecule has 0 saturated heterocycles. The standard InChI is InChI=1S/C10H14N4OS/c1-14-5-7(12-13-14)3-9(11)10-4-8(15-2)6-16-10/h4-6,9H,3,11H2,1-2H3. The monoisotopic (exact) mass is 238 g/mol. The molecule has 0 radical (unpaired) electrons. The Morgan fingerprint density at radius 3 is 3.00 bits per heavy atom. The van der Waals surface area contributed by atoms with E-state index in [2.05, 4.69) is 10.3 Å². The molecule has 2 rings (SSSR count). The van der Waals surface area contributed by atoms with E-state index in [1.54, 1.807) is 23.1 Å². The average Bonchev–Trinajstić information content (AvgIpc) is 2.87. The summed E-state index contributed by atoms with van der Waals surface area (Å²) in [6.07, 6.45) is 2.57. The second-order valence-electron chi connectivity index (χ2n) is 3.58. The van der Waals surface area contributed by atoms with Gasteiger partial charge in [0.25, 0.3) is 0 Å². The molecule has 2 heterocycles. The fraction of sp³-hybridized carbons (Fsp3) is 0.400. The molecule has 1 atom stereocenters. The van der Waals surface area contributed by atoms with Crippen LogP contribution in [0.1, 0.15) is 16.6 Å². The van der Waals surface area contributed by atoms with Crippen LogP contribution in [-0.4, -0.2) is 22.1 Å². The van der Waals surface area contributed by atoms with Crippen molar-refractivity contribution in [1.82, 2.24) is 15.0 Å². The zero-order valence-corrected chi connectivity index (χ0v) is 10.1. The molecule has 0 fully saturated rings. The van der Waals surface area contributed by atoms with Crippen LogP contribution in [0.2, 0.25) is 0 Å². The quantitative estimate of drug-likeness (QED) is 0.867. The van der Waals surface area contributed by atoms with Crippen molar-refractivity contribution >= 4 is 11.3 Å². The maximum absolute atomic E-state index is 6.08. The number of aryl methyl sites for hydroxylation is 1. The first-order valence-electron chi connectivity index (χ1n) is 4.92. The Morgan fingerprint density at radius 1 is 1.62 bits per heavy atom. The first kappa shape index (κ1) is 11.1. The Kier molecular flexibility index (Phi) is 3.21. The van der Waals surface area contributed by atoms with E-state index in [9.17, 15) is 0 Å². The van der Waals surface area contributed by atoms with Crippen molar-refractivity contribution < 1.29 is 4.74 Å². The van der Waals surface area contributed by atoms with Gasteiger partial charge in [-0.15, -0.1) is 16.4 Å². The van der Waals surface area contributed by atoms with E-state index in [-0.39, 0.29) is 6.04 Å². The third-order valence-corrected chi connectivity index (χ3v) is 3.32. The molecule has 2 aromatic heterocycles. The highest BCUT2D eigenvalue weighted by Gasteiger charge is 2.12. The highest BCUT2D eigenvalue weighted by atomic mass is 32.1. The summed E-state index contributed by atoms with van der Waals surface area (Å²) in [4.78, 5) is 1.10. The van der Waals surface area contributed by atoms with E-state index >= 15 is 0 Å². The van der Waals surface area contributed by atoms with Gasteiger partial charge in [-0.1, -0.05) is 5.21 Å². The van der Waals surface area contributed by atoms with Crippen molar-refractivity contribution in [3.8, 4) is 5.75 Å². The van der Waals surface area contributed by atoms with Crippen LogP contribution >= 0.6 is 11.3 Å². The second kappa shape index (κ2) is 4.63. The molecule has 0 bridgehead atoms. The Bertz CT molecular complexity index is 465. The van der Waals surface area contributed by atoms with E-state index < -0.39 is 0 Å². The minimum atomic E-state index is -0.0504. The van der Waals surface area contributed by atoms with Gasteiger partial charge in [-0.2, -0.15) is 0 Å². The van der Waals surface area contributed by atoms with Crippen LogP contribution in [-0.2, 0) is 13.5 Å². The van der Waals surface area contributed by atoms with Crippen LogP contribution in [0.5, 0.6) is 5.75 Å². The average molecular weight is 238 g/mol.